The first kappa shape index (κ1) is 18.7. The van der Waals surface area contributed by atoms with Gasteiger partial charge in [0.25, 0.3) is 0 Å². The summed E-state index contributed by atoms with van der Waals surface area (Å²) in [6.45, 7) is 2.10. The quantitative estimate of drug-likeness (QED) is 0.851. The second kappa shape index (κ2) is 8.49. The minimum atomic E-state index is 0. The Hall–Kier alpha value is -1.59. The molecule has 1 saturated heterocycles. The summed E-state index contributed by atoms with van der Waals surface area (Å²) >= 11 is 0. The molecule has 2 aliphatic rings. The second-order valence-electron chi connectivity index (χ2n) is 6.72. The van der Waals surface area contributed by atoms with Crippen molar-refractivity contribution in [3.63, 3.8) is 0 Å². The summed E-state index contributed by atoms with van der Waals surface area (Å²) in [5.74, 6) is 0.436. The minimum Gasteiger partial charge on any atom is -0.352 e. The van der Waals surface area contributed by atoms with Crippen molar-refractivity contribution in [3.05, 3.63) is 35.4 Å². The predicted octanol–water partition coefficient (Wildman–Crippen LogP) is 1.97. The van der Waals surface area contributed by atoms with Crippen molar-refractivity contribution in [3.8, 4) is 0 Å². The third kappa shape index (κ3) is 4.71. The van der Waals surface area contributed by atoms with Crippen molar-refractivity contribution in [2.45, 2.75) is 51.2 Å². The number of carbonyl (C=O) groups is 2. The molecule has 1 aromatic carbocycles. The number of nitrogens with two attached hydrogens (primary N) is 1. The van der Waals surface area contributed by atoms with Crippen molar-refractivity contribution in [2.75, 3.05) is 6.54 Å². The summed E-state index contributed by atoms with van der Waals surface area (Å²) in [5.41, 5.74) is 8.07. The Balaban J connectivity index is 0.00000208. The van der Waals surface area contributed by atoms with Gasteiger partial charge in [-0.2, -0.15) is 0 Å². The van der Waals surface area contributed by atoms with Crippen molar-refractivity contribution in [1.82, 2.24) is 10.2 Å². The maximum atomic E-state index is 12.1. The van der Waals surface area contributed by atoms with Crippen molar-refractivity contribution < 1.29 is 9.59 Å². The smallest absolute Gasteiger partial charge is 0.223 e. The molecule has 0 bridgehead atoms. The van der Waals surface area contributed by atoms with Gasteiger partial charge in [-0.25, -0.2) is 0 Å². The van der Waals surface area contributed by atoms with E-state index < -0.39 is 0 Å². The van der Waals surface area contributed by atoms with Gasteiger partial charge >= 0.3 is 0 Å². The van der Waals surface area contributed by atoms with Gasteiger partial charge in [0.2, 0.25) is 11.8 Å². The maximum Gasteiger partial charge on any atom is 0.223 e. The summed E-state index contributed by atoms with van der Waals surface area (Å²) in [4.78, 5) is 25.6. The molecule has 2 unspecified atom stereocenters. The average molecular weight is 352 g/mol. The Morgan fingerprint density at radius 1 is 1.21 bits per heavy atom. The lowest BCUT2D eigenvalue weighted by Gasteiger charge is -2.16. The van der Waals surface area contributed by atoms with E-state index in [-0.39, 0.29) is 36.2 Å². The summed E-state index contributed by atoms with van der Waals surface area (Å²) < 4.78 is 0. The van der Waals surface area contributed by atoms with E-state index in [1.54, 1.807) is 0 Å². The summed E-state index contributed by atoms with van der Waals surface area (Å²) in [5, 5.41) is 3.00. The minimum absolute atomic E-state index is 0. The van der Waals surface area contributed by atoms with Gasteiger partial charge in [-0.1, -0.05) is 24.3 Å². The fourth-order valence-electron chi connectivity index (χ4n) is 3.44. The van der Waals surface area contributed by atoms with Crippen molar-refractivity contribution in [1.29, 1.82) is 0 Å². The molecule has 5 nitrogen and oxygen atoms in total. The number of nitrogens with zero attached hydrogens (tertiary/aromatic N) is 1. The SMILES string of the molecule is Cl.NC1CCC(C(=O)NCc2ccc(CN3CCCC3=O)cc2)C1. The first-order valence-corrected chi connectivity index (χ1v) is 8.50. The number of benzene rings is 1. The van der Waals surface area contributed by atoms with Gasteiger partial charge in [-0.3, -0.25) is 9.59 Å². The molecule has 0 aromatic heterocycles. The zero-order valence-corrected chi connectivity index (χ0v) is 14.7. The molecular formula is C18H26ClN3O2. The molecular weight excluding hydrogens is 326 g/mol. The molecule has 1 aliphatic carbocycles. The molecule has 6 heteroatoms. The number of amides is 2. The number of rotatable bonds is 5. The highest BCUT2D eigenvalue weighted by Gasteiger charge is 2.27. The molecule has 3 rings (SSSR count). The Morgan fingerprint density at radius 2 is 1.92 bits per heavy atom. The third-order valence-electron chi connectivity index (χ3n) is 4.88. The molecule has 1 aliphatic heterocycles. The molecule has 1 heterocycles. The monoisotopic (exact) mass is 351 g/mol. The average Bonchev–Trinajstić information content (AvgIpc) is 3.15. The van der Waals surface area contributed by atoms with Gasteiger partial charge in [-0.15, -0.1) is 12.4 Å². The number of nitrogens with one attached hydrogen (secondary N) is 1. The number of hydrogen-bond acceptors (Lipinski definition) is 3. The topological polar surface area (TPSA) is 75.4 Å². The predicted molar refractivity (Wildman–Crippen MR) is 95.5 cm³/mol. The van der Waals surface area contributed by atoms with E-state index in [1.165, 1.54) is 0 Å². The Kier molecular flexibility index (Phi) is 6.63. The Morgan fingerprint density at radius 3 is 2.50 bits per heavy atom. The highest BCUT2D eigenvalue weighted by atomic mass is 35.5. The Bertz CT molecular complexity index is 576. The van der Waals surface area contributed by atoms with Crippen molar-refractivity contribution >= 4 is 24.2 Å². The van der Waals surface area contributed by atoms with Crippen LogP contribution in [0.15, 0.2) is 24.3 Å². The zero-order valence-electron chi connectivity index (χ0n) is 13.9. The van der Waals surface area contributed by atoms with Crippen LogP contribution in [0.5, 0.6) is 0 Å². The summed E-state index contributed by atoms with van der Waals surface area (Å²) in [6.07, 6.45) is 4.29. The van der Waals surface area contributed by atoms with Crippen LogP contribution >= 0.6 is 12.4 Å². The van der Waals surface area contributed by atoms with Gasteiger partial charge < -0.3 is 16.0 Å². The lowest BCUT2D eigenvalue weighted by molar-refractivity contribution is -0.128. The van der Waals surface area contributed by atoms with Crippen LogP contribution < -0.4 is 11.1 Å². The van der Waals surface area contributed by atoms with E-state index in [0.29, 0.717) is 19.5 Å². The molecule has 132 valence electrons. The van der Waals surface area contributed by atoms with E-state index in [9.17, 15) is 9.59 Å². The number of carbonyl (C=O) groups excluding carboxylic acids is 2. The van der Waals surface area contributed by atoms with E-state index in [4.69, 9.17) is 5.73 Å². The normalized spacial score (nSPS) is 23.2. The number of halogens is 1. The third-order valence-corrected chi connectivity index (χ3v) is 4.88. The highest BCUT2D eigenvalue weighted by Crippen LogP contribution is 2.24. The van der Waals surface area contributed by atoms with Gasteiger partial charge in [-0.05, 0) is 36.8 Å². The van der Waals surface area contributed by atoms with E-state index >= 15 is 0 Å². The molecule has 1 saturated carbocycles. The molecule has 2 amide bonds. The van der Waals surface area contributed by atoms with Crippen LogP contribution in [0.2, 0.25) is 0 Å². The van der Waals surface area contributed by atoms with Gasteiger partial charge in [0.1, 0.15) is 0 Å². The van der Waals surface area contributed by atoms with Crippen LogP contribution in [0.25, 0.3) is 0 Å². The van der Waals surface area contributed by atoms with E-state index in [2.05, 4.69) is 5.32 Å². The van der Waals surface area contributed by atoms with Crippen LogP contribution in [0.1, 0.15) is 43.2 Å². The van der Waals surface area contributed by atoms with Crippen LogP contribution in [0.3, 0.4) is 0 Å². The van der Waals surface area contributed by atoms with Crippen LogP contribution in [0, 0.1) is 5.92 Å². The molecule has 2 atom stereocenters. The van der Waals surface area contributed by atoms with E-state index in [1.807, 2.05) is 29.2 Å². The summed E-state index contributed by atoms with van der Waals surface area (Å²) in [7, 11) is 0. The molecule has 1 aromatic rings. The number of likely N-dealkylation sites (tertiary alicyclic amines) is 1. The fraction of sp³-hybridized carbons (Fsp3) is 0.556. The van der Waals surface area contributed by atoms with Crippen LogP contribution in [0.4, 0.5) is 0 Å². The standard InChI is InChI=1S/C18H25N3O2.ClH/c19-16-8-7-15(10-16)18(23)20-11-13-3-5-14(6-4-13)12-21-9-1-2-17(21)22;/h3-6,15-16H,1-2,7-12,19H2,(H,20,23);1H. The van der Waals surface area contributed by atoms with Crippen LogP contribution in [-0.2, 0) is 22.7 Å². The first-order valence-electron chi connectivity index (χ1n) is 8.50. The highest BCUT2D eigenvalue weighted by molar-refractivity contribution is 5.85. The first-order chi connectivity index (χ1) is 11.1. The lowest BCUT2D eigenvalue weighted by atomic mass is 10.1. The van der Waals surface area contributed by atoms with Gasteiger partial charge in [0, 0.05) is 38.0 Å². The molecule has 3 N–H and O–H groups in total. The lowest BCUT2D eigenvalue weighted by Crippen LogP contribution is -2.30. The molecule has 24 heavy (non-hydrogen) atoms. The maximum absolute atomic E-state index is 12.1. The zero-order chi connectivity index (χ0) is 16.2. The second-order valence-corrected chi connectivity index (χ2v) is 6.72. The Labute approximate surface area is 149 Å². The van der Waals surface area contributed by atoms with Crippen LogP contribution in [-0.4, -0.2) is 29.3 Å². The fourth-order valence-corrected chi connectivity index (χ4v) is 3.44. The van der Waals surface area contributed by atoms with Gasteiger partial charge in [0.15, 0.2) is 0 Å². The molecule has 2 fully saturated rings. The van der Waals surface area contributed by atoms with E-state index in [0.717, 1.165) is 43.4 Å². The molecule has 0 spiro atoms. The summed E-state index contributed by atoms with van der Waals surface area (Å²) in [6, 6.07) is 8.31. The van der Waals surface area contributed by atoms with Gasteiger partial charge in [0.05, 0.1) is 0 Å². The molecule has 0 radical (unpaired) electrons. The largest absolute Gasteiger partial charge is 0.352 e. The number of hydrogen-bond donors (Lipinski definition) is 2. The van der Waals surface area contributed by atoms with Crippen molar-refractivity contribution in [2.24, 2.45) is 11.7 Å².